The first-order valence-electron chi connectivity index (χ1n) is 10.2. The molecule has 0 amide bonds. The summed E-state index contributed by atoms with van der Waals surface area (Å²) in [5.74, 6) is -0.175. The molecule has 0 saturated carbocycles. The average Bonchev–Trinajstić information content (AvgIpc) is 2.92. The van der Waals surface area contributed by atoms with E-state index in [-0.39, 0.29) is 23.2 Å². The van der Waals surface area contributed by atoms with Gasteiger partial charge >= 0.3 is 0 Å². The molecule has 0 fully saturated rings. The normalized spacial score (nSPS) is 16.6. The SMILES string of the molecule is CC1CN(c2ccccc2S(=O)(=O)NCc2ccccc2Cl)CCc2ccc(F)cc21. The molecule has 0 spiro atoms. The van der Waals surface area contributed by atoms with Gasteiger partial charge in [-0.3, -0.25) is 0 Å². The topological polar surface area (TPSA) is 49.4 Å². The van der Waals surface area contributed by atoms with Crippen LogP contribution in [0.2, 0.25) is 5.02 Å². The first-order valence-corrected chi connectivity index (χ1v) is 12.1. The molecule has 1 heterocycles. The maximum atomic E-state index is 13.8. The van der Waals surface area contributed by atoms with Crippen molar-refractivity contribution in [2.45, 2.75) is 30.7 Å². The molecule has 1 atom stereocenters. The third kappa shape index (κ3) is 4.76. The van der Waals surface area contributed by atoms with Crippen LogP contribution >= 0.6 is 11.6 Å². The number of nitrogens with one attached hydrogen (secondary N) is 1. The fourth-order valence-corrected chi connectivity index (χ4v) is 5.52. The van der Waals surface area contributed by atoms with Crippen molar-refractivity contribution in [1.29, 1.82) is 0 Å². The van der Waals surface area contributed by atoms with Crippen molar-refractivity contribution < 1.29 is 12.8 Å². The Morgan fingerprint density at radius 2 is 1.84 bits per heavy atom. The summed E-state index contributed by atoms with van der Waals surface area (Å²) in [5, 5.41) is 0.518. The van der Waals surface area contributed by atoms with Gasteiger partial charge in [0.05, 0.1) is 5.69 Å². The molecule has 1 N–H and O–H groups in total. The molecule has 4 nitrogen and oxygen atoms in total. The second kappa shape index (κ2) is 8.99. The maximum Gasteiger partial charge on any atom is 0.242 e. The number of hydrogen-bond donors (Lipinski definition) is 1. The number of para-hydroxylation sites is 1. The molecule has 0 saturated heterocycles. The number of hydrogen-bond acceptors (Lipinski definition) is 3. The van der Waals surface area contributed by atoms with Crippen molar-refractivity contribution in [3.63, 3.8) is 0 Å². The monoisotopic (exact) mass is 458 g/mol. The summed E-state index contributed by atoms with van der Waals surface area (Å²) in [6, 6.07) is 19.1. The lowest BCUT2D eigenvalue weighted by Gasteiger charge is -2.27. The average molecular weight is 459 g/mol. The molecule has 3 aromatic rings. The molecule has 1 unspecified atom stereocenters. The number of benzene rings is 3. The van der Waals surface area contributed by atoms with Crippen LogP contribution in [0.5, 0.6) is 0 Å². The van der Waals surface area contributed by atoms with Crippen molar-refractivity contribution in [1.82, 2.24) is 4.72 Å². The van der Waals surface area contributed by atoms with E-state index in [1.165, 1.54) is 6.07 Å². The van der Waals surface area contributed by atoms with Gasteiger partial charge in [0.1, 0.15) is 10.7 Å². The van der Waals surface area contributed by atoms with Gasteiger partial charge in [-0.1, -0.05) is 54.9 Å². The second-order valence-corrected chi connectivity index (χ2v) is 9.97. The molecule has 1 aliphatic heterocycles. The quantitative estimate of drug-likeness (QED) is 0.577. The second-order valence-electron chi connectivity index (χ2n) is 7.82. The highest BCUT2D eigenvalue weighted by molar-refractivity contribution is 7.89. The lowest BCUT2D eigenvalue weighted by Crippen LogP contribution is -2.31. The van der Waals surface area contributed by atoms with Gasteiger partial charge in [-0.15, -0.1) is 0 Å². The number of anilines is 1. The van der Waals surface area contributed by atoms with E-state index in [9.17, 15) is 12.8 Å². The van der Waals surface area contributed by atoms with Crippen LogP contribution < -0.4 is 9.62 Å². The molecule has 0 radical (unpaired) electrons. The largest absolute Gasteiger partial charge is 0.370 e. The number of sulfonamides is 1. The minimum atomic E-state index is -3.77. The van der Waals surface area contributed by atoms with Crippen LogP contribution in [0, 0.1) is 5.82 Å². The van der Waals surface area contributed by atoms with Gasteiger partial charge in [-0.2, -0.15) is 0 Å². The Morgan fingerprint density at radius 3 is 2.65 bits per heavy atom. The third-order valence-corrected chi connectivity index (χ3v) is 7.51. The summed E-state index contributed by atoms with van der Waals surface area (Å²) in [4.78, 5) is 2.30. The lowest BCUT2D eigenvalue weighted by molar-refractivity contribution is 0.580. The number of nitrogens with zero attached hydrogens (tertiary/aromatic N) is 1. The van der Waals surface area contributed by atoms with E-state index in [0.29, 0.717) is 29.4 Å². The van der Waals surface area contributed by atoms with Crippen LogP contribution in [0.15, 0.2) is 71.6 Å². The Labute approximate surface area is 187 Å². The Morgan fingerprint density at radius 1 is 1.10 bits per heavy atom. The van der Waals surface area contributed by atoms with Crippen LogP contribution in [0.1, 0.15) is 29.5 Å². The summed E-state index contributed by atoms with van der Waals surface area (Å²) >= 11 is 6.17. The first kappa shape index (κ1) is 21.8. The molecule has 31 heavy (non-hydrogen) atoms. The predicted octanol–water partition coefficient (Wildman–Crippen LogP) is 5.12. The van der Waals surface area contributed by atoms with Gasteiger partial charge in [0.25, 0.3) is 0 Å². The van der Waals surface area contributed by atoms with Gasteiger partial charge in [0, 0.05) is 24.7 Å². The summed E-state index contributed by atoms with van der Waals surface area (Å²) in [5.41, 5.74) is 3.45. The number of rotatable bonds is 5. The predicted molar refractivity (Wildman–Crippen MR) is 123 cm³/mol. The molecule has 7 heteroatoms. The van der Waals surface area contributed by atoms with Crippen molar-refractivity contribution in [3.05, 3.63) is 94.3 Å². The van der Waals surface area contributed by atoms with Crippen LogP contribution in [-0.2, 0) is 23.0 Å². The molecule has 4 rings (SSSR count). The molecule has 3 aromatic carbocycles. The van der Waals surface area contributed by atoms with Gasteiger partial charge in [-0.25, -0.2) is 17.5 Å². The molecular weight excluding hydrogens is 435 g/mol. The van der Waals surface area contributed by atoms with Crippen LogP contribution in [-0.4, -0.2) is 21.5 Å². The molecule has 1 aliphatic rings. The van der Waals surface area contributed by atoms with E-state index in [2.05, 4.69) is 9.62 Å². The Hall–Kier alpha value is -2.41. The van der Waals surface area contributed by atoms with Gasteiger partial charge < -0.3 is 4.90 Å². The highest BCUT2D eigenvalue weighted by Crippen LogP contribution is 2.32. The van der Waals surface area contributed by atoms with E-state index in [4.69, 9.17) is 11.6 Å². The zero-order valence-electron chi connectivity index (χ0n) is 17.2. The lowest BCUT2D eigenvalue weighted by atomic mass is 9.95. The molecule has 0 aromatic heterocycles. The fourth-order valence-electron chi connectivity index (χ4n) is 4.08. The first-order chi connectivity index (χ1) is 14.8. The Bertz CT molecular complexity index is 1200. The van der Waals surface area contributed by atoms with E-state index >= 15 is 0 Å². The zero-order chi connectivity index (χ0) is 22.0. The van der Waals surface area contributed by atoms with E-state index in [0.717, 1.165) is 17.5 Å². The highest BCUT2D eigenvalue weighted by atomic mass is 35.5. The van der Waals surface area contributed by atoms with Crippen molar-refractivity contribution in [2.75, 3.05) is 18.0 Å². The summed E-state index contributed by atoms with van der Waals surface area (Å²) in [6.45, 7) is 3.41. The summed E-state index contributed by atoms with van der Waals surface area (Å²) in [6.07, 6.45) is 0.724. The number of fused-ring (bicyclic) bond motifs is 1. The van der Waals surface area contributed by atoms with Crippen molar-refractivity contribution >= 4 is 27.3 Å². The van der Waals surface area contributed by atoms with E-state index in [1.807, 2.05) is 31.2 Å². The fraction of sp³-hybridized carbons (Fsp3) is 0.250. The van der Waals surface area contributed by atoms with Crippen molar-refractivity contribution in [2.24, 2.45) is 0 Å². The third-order valence-electron chi connectivity index (χ3n) is 5.69. The molecule has 0 aliphatic carbocycles. The standard InChI is InChI=1S/C24H24ClFN2O2S/c1-17-16-28(13-12-18-10-11-20(26)14-21(17)18)23-8-4-5-9-24(23)31(29,30)27-15-19-6-2-3-7-22(19)25/h2-11,14,17,27H,12-13,15-16H2,1H3. The minimum Gasteiger partial charge on any atom is -0.370 e. The van der Waals surface area contributed by atoms with Crippen molar-refractivity contribution in [3.8, 4) is 0 Å². The number of halogens is 2. The van der Waals surface area contributed by atoms with E-state index < -0.39 is 10.0 Å². The maximum absolute atomic E-state index is 13.8. The smallest absolute Gasteiger partial charge is 0.242 e. The van der Waals surface area contributed by atoms with Gasteiger partial charge in [-0.05, 0) is 59.4 Å². The molecular formula is C24H24ClFN2O2S. The van der Waals surface area contributed by atoms with Gasteiger partial charge in [0.2, 0.25) is 10.0 Å². The minimum absolute atomic E-state index is 0.0695. The van der Waals surface area contributed by atoms with Gasteiger partial charge in [0.15, 0.2) is 0 Å². The Balaban J connectivity index is 1.60. The van der Waals surface area contributed by atoms with Crippen LogP contribution in [0.25, 0.3) is 0 Å². The summed E-state index contributed by atoms with van der Waals surface area (Å²) in [7, 11) is -3.77. The molecule has 0 bridgehead atoms. The Kier molecular flexibility index (Phi) is 6.32. The highest BCUT2D eigenvalue weighted by Gasteiger charge is 2.26. The van der Waals surface area contributed by atoms with Crippen LogP contribution in [0.4, 0.5) is 10.1 Å². The zero-order valence-corrected chi connectivity index (χ0v) is 18.8. The van der Waals surface area contributed by atoms with Crippen LogP contribution in [0.3, 0.4) is 0 Å². The van der Waals surface area contributed by atoms with E-state index in [1.54, 1.807) is 36.4 Å². The molecule has 162 valence electrons. The summed E-state index contributed by atoms with van der Waals surface area (Å²) < 4.78 is 42.8.